The van der Waals surface area contributed by atoms with E-state index in [0.29, 0.717) is 49.4 Å². The van der Waals surface area contributed by atoms with Crippen molar-refractivity contribution in [2.45, 2.75) is 31.7 Å². The summed E-state index contributed by atoms with van der Waals surface area (Å²) in [5.74, 6) is 0.183. The molecule has 174 valence electrons. The smallest absolute Gasteiger partial charge is 0.269 e. The minimum atomic E-state index is -0.405. The Morgan fingerprint density at radius 3 is 2.39 bits per heavy atom. The highest BCUT2D eigenvalue weighted by Crippen LogP contribution is 2.34. The summed E-state index contributed by atoms with van der Waals surface area (Å²) in [5.41, 5.74) is 0.996. The Hall–Kier alpha value is -3.28. The Balaban J connectivity index is 1.21. The van der Waals surface area contributed by atoms with Gasteiger partial charge in [-0.25, -0.2) is 0 Å². The van der Waals surface area contributed by atoms with Crippen LogP contribution in [0.4, 0.5) is 21.6 Å². The van der Waals surface area contributed by atoms with Gasteiger partial charge in [0.05, 0.1) is 4.92 Å². The van der Waals surface area contributed by atoms with Crippen LogP contribution in [-0.2, 0) is 9.59 Å². The highest BCUT2D eigenvalue weighted by atomic mass is 32.1. The summed E-state index contributed by atoms with van der Waals surface area (Å²) in [7, 11) is 0. The van der Waals surface area contributed by atoms with Gasteiger partial charge in [0.25, 0.3) is 5.69 Å². The van der Waals surface area contributed by atoms with Gasteiger partial charge in [-0.1, -0.05) is 11.3 Å². The maximum Gasteiger partial charge on any atom is 0.269 e. The van der Waals surface area contributed by atoms with Gasteiger partial charge in [0.1, 0.15) is 6.04 Å². The van der Waals surface area contributed by atoms with Crippen LogP contribution in [0, 0.1) is 10.1 Å². The molecule has 1 aromatic carbocycles. The molecular weight excluding hydrogens is 446 g/mol. The second-order valence-electron chi connectivity index (χ2n) is 8.45. The van der Waals surface area contributed by atoms with Gasteiger partial charge in [-0.05, 0) is 31.4 Å². The molecule has 12 heteroatoms. The molecule has 0 radical (unpaired) electrons. The highest BCUT2D eigenvalue weighted by molar-refractivity contribution is 7.19. The molecule has 3 fully saturated rings. The first-order valence-electron chi connectivity index (χ1n) is 11.2. The number of anilines is 3. The Morgan fingerprint density at radius 2 is 1.73 bits per heavy atom. The molecule has 3 aliphatic heterocycles. The summed E-state index contributed by atoms with van der Waals surface area (Å²) >= 11 is 1.38. The number of non-ortho nitro benzene ring substituents is 1. The number of rotatable bonds is 5. The average molecular weight is 472 g/mol. The fourth-order valence-electron chi connectivity index (χ4n) is 4.72. The number of carbonyl (C=O) groups excluding carboxylic acids is 2. The molecule has 11 nitrogen and oxygen atoms in total. The van der Waals surface area contributed by atoms with E-state index in [0.717, 1.165) is 31.5 Å². The normalized spacial score (nSPS) is 21.2. The first kappa shape index (κ1) is 21.6. The van der Waals surface area contributed by atoms with Crippen molar-refractivity contribution in [3.8, 4) is 0 Å². The molecule has 1 atom stereocenters. The minimum absolute atomic E-state index is 0.0721. The summed E-state index contributed by atoms with van der Waals surface area (Å²) in [4.78, 5) is 43.6. The van der Waals surface area contributed by atoms with Crippen molar-refractivity contribution >= 4 is 44.8 Å². The topological polar surface area (TPSA) is 116 Å². The first-order chi connectivity index (χ1) is 16.0. The van der Waals surface area contributed by atoms with E-state index in [-0.39, 0.29) is 23.5 Å². The van der Waals surface area contributed by atoms with E-state index in [9.17, 15) is 19.7 Å². The van der Waals surface area contributed by atoms with Gasteiger partial charge in [-0.2, -0.15) is 0 Å². The highest BCUT2D eigenvalue weighted by Gasteiger charge is 2.37. The number of hydrogen-bond donors (Lipinski definition) is 0. The molecule has 4 heterocycles. The third-order valence-electron chi connectivity index (χ3n) is 6.51. The molecule has 3 saturated heterocycles. The van der Waals surface area contributed by atoms with E-state index in [1.807, 2.05) is 9.80 Å². The quantitative estimate of drug-likeness (QED) is 0.480. The first-order valence-corrected chi connectivity index (χ1v) is 12.0. The Morgan fingerprint density at radius 1 is 1.00 bits per heavy atom. The molecule has 0 bridgehead atoms. The number of benzene rings is 1. The number of nitro benzene ring substituents is 1. The second-order valence-corrected chi connectivity index (χ2v) is 9.39. The molecule has 0 saturated carbocycles. The van der Waals surface area contributed by atoms with Gasteiger partial charge in [0, 0.05) is 63.5 Å². The molecule has 3 aliphatic rings. The summed E-state index contributed by atoms with van der Waals surface area (Å²) in [5, 5.41) is 20.7. The molecule has 0 spiro atoms. The summed E-state index contributed by atoms with van der Waals surface area (Å²) in [6.45, 7) is 3.98. The van der Waals surface area contributed by atoms with E-state index in [1.165, 1.54) is 23.5 Å². The maximum absolute atomic E-state index is 13.3. The van der Waals surface area contributed by atoms with Crippen LogP contribution in [0.25, 0.3) is 0 Å². The fourth-order valence-corrected chi connectivity index (χ4v) is 5.68. The van der Waals surface area contributed by atoms with Crippen LogP contribution in [0.5, 0.6) is 0 Å². The van der Waals surface area contributed by atoms with Crippen molar-refractivity contribution in [3.63, 3.8) is 0 Å². The molecule has 0 unspecified atom stereocenters. The van der Waals surface area contributed by atoms with Gasteiger partial charge < -0.3 is 14.7 Å². The van der Waals surface area contributed by atoms with Crippen LogP contribution in [0.1, 0.15) is 25.7 Å². The Labute approximate surface area is 194 Å². The van der Waals surface area contributed by atoms with Crippen LogP contribution >= 0.6 is 11.3 Å². The van der Waals surface area contributed by atoms with Crippen molar-refractivity contribution in [1.29, 1.82) is 0 Å². The lowest BCUT2D eigenvalue weighted by Gasteiger charge is -2.38. The van der Waals surface area contributed by atoms with E-state index < -0.39 is 4.92 Å². The zero-order chi connectivity index (χ0) is 22.9. The molecule has 5 rings (SSSR count). The number of carbonyl (C=O) groups is 2. The summed E-state index contributed by atoms with van der Waals surface area (Å²) in [6, 6.07) is 6.27. The van der Waals surface area contributed by atoms with Crippen molar-refractivity contribution < 1.29 is 14.5 Å². The predicted octanol–water partition coefficient (Wildman–Crippen LogP) is 1.89. The number of hydrogen-bond acceptors (Lipinski definition) is 9. The van der Waals surface area contributed by atoms with Crippen molar-refractivity contribution in [2.75, 3.05) is 54.0 Å². The lowest BCUT2D eigenvalue weighted by Crippen LogP contribution is -2.53. The lowest BCUT2D eigenvalue weighted by molar-refractivity contribution is -0.384. The molecule has 1 aromatic heterocycles. The van der Waals surface area contributed by atoms with E-state index in [4.69, 9.17) is 0 Å². The van der Waals surface area contributed by atoms with Gasteiger partial charge in [0.15, 0.2) is 0 Å². The van der Waals surface area contributed by atoms with E-state index >= 15 is 0 Å². The predicted molar refractivity (Wildman–Crippen MR) is 124 cm³/mol. The Bertz CT molecular complexity index is 1050. The average Bonchev–Trinajstić information content (AvgIpc) is 3.59. The van der Waals surface area contributed by atoms with Crippen LogP contribution in [-0.4, -0.2) is 77.1 Å². The van der Waals surface area contributed by atoms with Crippen LogP contribution < -0.4 is 14.7 Å². The summed E-state index contributed by atoms with van der Waals surface area (Å²) < 4.78 is 0. The molecule has 0 N–H and O–H groups in total. The van der Waals surface area contributed by atoms with Gasteiger partial charge in [-0.3, -0.25) is 24.6 Å². The third kappa shape index (κ3) is 4.22. The van der Waals surface area contributed by atoms with E-state index in [2.05, 4.69) is 15.1 Å². The van der Waals surface area contributed by atoms with Crippen LogP contribution in [0.3, 0.4) is 0 Å². The lowest BCUT2D eigenvalue weighted by atomic mass is 10.1. The largest absolute Gasteiger partial charge is 0.368 e. The zero-order valence-corrected chi connectivity index (χ0v) is 18.9. The third-order valence-corrected chi connectivity index (χ3v) is 7.49. The molecule has 2 aromatic rings. The number of aromatic nitrogens is 2. The maximum atomic E-state index is 13.3. The standard InChI is InChI=1S/C21H25N7O4S/c29-18-4-2-10-27(18)21-23-22-20(33-21)26-9-1-3-17(26)19(30)25-13-11-24(12-14-25)15-5-7-16(8-6-15)28(31)32/h5-8,17H,1-4,9-14H2/t17-/m1/s1. The van der Waals surface area contributed by atoms with Gasteiger partial charge in [-0.15, -0.1) is 10.2 Å². The van der Waals surface area contributed by atoms with Crippen molar-refractivity contribution in [3.05, 3.63) is 34.4 Å². The van der Waals surface area contributed by atoms with Crippen molar-refractivity contribution in [1.82, 2.24) is 15.1 Å². The van der Waals surface area contributed by atoms with Crippen molar-refractivity contribution in [2.24, 2.45) is 0 Å². The Kier molecular flexibility index (Phi) is 5.83. The number of nitro groups is 1. The SMILES string of the molecule is O=C([C@H]1CCCN1c1nnc(N2CCCC2=O)s1)N1CCN(c2ccc([N+](=O)[O-])cc2)CC1. The molecule has 33 heavy (non-hydrogen) atoms. The number of nitrogens with zero attached hydrogens (tertiary/aromatic N) is 7. The monoisotopic (exact) mass is 471 g/mol. The second kappa shape index (κ2) is 8.93. The van der Waals surface area contributed by atoms with Crippen LogP contribution in [0.2, 0.25) is 0 Å². The van der Waals surface area contributed by atoms with Crippen LogP contribution in [0.15, 0.2) is 24.3 Å². The number of piperazine rings is 1. The summed E-state index contributed by atoms with van der Waals surface area (Å²) in [6.07, 6.45) is 3.08. The van der Waals surface area contributed by atoms with Gasteiger partial charge >= 0.3 is 0 Å². The zero-order valence-electron chi connectivity index (χ0n) is 18.1. The molecule has 2 amide bonds. The van der Waals surface area contributed by atoms with Gasteiger partial charge in [0.2, 0.25) is 22.1 Å². The fraction of sp³-hybridized carbons (Fsp3) is 0.524. The van der Waals surface area contributed by atoms with E-state index in [1.54, 1.807) is 17.0 Å². The molecular formula is C21H25N7O4S. The number of amides is 2. The molecule has 0 aliphatic carbocycles. The minimum Gasteiger partial charge on any atom is -0.368 e.